The highest BCUT2D eigenvalue weighted by molar-refractivity contribution is 7.92. The number of rotatable bonds is 7. The summed E-state index contributed by atoms with van der Waals surface area (Å²) in [6.45, 7) is 4.40. The lowest BCUT2D eigenvalue weighted by atomic mass is 10.1. The number of sulfonamides is 1. The molecule has 3 aromatic rings. The van der Waals surface area contributed by atoms with Gasteiger partial charge in [0.05, 0.1) is 10.6 Å². The molecule has 7 heteroatoms. The molecular weight excluding hydrogens is 434 g/mol. The first kappa shape index (κ1) is 22.9. The highest BCUT2D eigenvalue weighted by Crippen LogP contribution is 2.22. The summed E-state index contributed by atoms with van der Waals surface area (Å²) >= 11 is 0. The molecule has 1 amide bonds. The average Bonchev–Trinajstić information content (AvgIpc) is 2.85. The molecule has 1 saturated heterocycles. The van der Waals surface area contributed by atoms with Gasteiger partial charge in [0.1, 0.15) is 0 Å². The Morgan fingerprint density at radius 3 is 2.30 bits per heavy atom. The zero-order valence-corrected chi connectivity index (χ0v) is 19.6. The zero-order valence-electron chi connectivity index (χ0n) is 18.8. The summed E-state index contributed by atoms with van der Waals surface area (Å²) in [5.74, 6) is -0.254. The van der Waals surface area contributed by atoms with Gasteiger partial charge < -0.3 is 10.2 Å². The van der Waals surface area contributed by atoms with Gasteiger partial charge in [-0.1, -0.05) is 36.4 Å². The highest BCUT2D eigenvalue weighted by atomic mass is 32.2. The topological polar surface area (TPSA) is 78.5 Å². The summed E-state index contributed by atoms with van der Waals surface area (Å²) in [6.07, 6.45) is 3.77. The number of amides is 1. The van der Waals surface area contributed by atoms with Crippen molar-refractivity contribution >= 4 is 27.3 Å². The van der Waals surface area contributed by atoms with E-state index in [1.54, 1.807) is 43.3 Å². The van der Waals surface area contributed by atoms with Crippen LogP contribution in [0.3, 0.4) is 0 Å². The van der Waals surface area contributed by atoms with E-state index in [0.29, 0.717) is 17.8 Å². The molecule has 4 rings (SSSR count). The van der Waals surface area contributed by atoms with Crippen LogP contribution < -0.4 is 14.9 Å². The van der Waals surface area contributed by atoms with E-state index in [4.69, 9.17) is 0 Å². The number of carbonyl (C=O) groups is 1. The van der Waals surface area contributed by atoms with Gasteiger partial charge in [-0.3, -0.25) is 9.52 Å². The Morgan fingerprint density at radius 1 is 0.909 bits per heavy atom. The van der Waals surface area contributed by atoms with Gasteiger partial charge in [0.25, 0.3) is 15.9 Å². The molecule has 3 aromatic carbocycles. The second kappa shape index (κ2) is 10.1. The van der Waals surface area contributed by atoms with Crippen molar-refractivity contribution in [2.45, 2.75) is 37.6 Å². The third kappa shape index (κ3) is 5.73. The molecule has 172 valence electrons. The van der Waals surface area contributed by atoms with Crippen molar-refractivity contribution in [2.75, 3.05) is 22.7 Å². The molecule has 0 unspecified atom stereocenters. The van der Waals surface area contributed by atoms with Gasteiger partial charge in [0.2, 0.25) is 0 Å². The Bertz CT molecular complexity index is 1200. The normalized spacial score (nSPS) is 14.0. The molecule has 1 heterocycles. The lowest BCUT2D eigenvalue weighted by Crippen LogP contribution is -2.29. The molecule has 0 spiro atoms. The van der Waals surface area contributed by atoms with Crippen molar-refractivity contribution in [1.82, 2.24) is 5.32 Å². The molecule has 33 heavy (non-hydrogen) atoms. The molecule has 1 aliphatic heterocycles. The Hall–Kier alpha value is -3.32. The number of carbonyl (C=O) groups excluding carboxylic acids is 1. The Morgan fingerprint density at radius 2 is 1.61 bits per heavy atom. The van der Waals surface area contributed by atoms with Crippen LogP contribution >= 0.6 is 0 Å². The van der Waals surface area contributed by atoms with Crippen molar-refractivity contribution in [3.8, 4) is 0 Å². The molecular formula is C26H29N3O3S. The summed E-state index contributed by atoms with van der Waals surface area (Å²) in [5.41, 5.74) is 3.76. The summed E-state index contributed by atoms with van der Waals surface area (Å²) in [6, 6.07) is 21.5. The minimum Gasteiger partial charge on any atom is -0.372 e. The van der Waals surface area contributed by atoms with Crippen LogP contribution in [-0.4, -0.2) is 27.4 Å². The lowest BCUT2D eigenvalue weighted by Gasteiger charge is -2.28. The first-order valence-electron chi connectivity index (χ1n) is 11.2. The van der Waals surface area contributed by atoms with Gasteiger partial charge in [-0.25, -0.2) is 8.42 Å². The number of benzene rings is 3. The number of nitrogens with zero attached hydrogens (tertiary/aromatic N) is 1. The summed E-state index contributed by atoms with van der Waals surface area (Å²) in [5, 5.41) is 2.93. The van der Waals surface area contributed by atoms with Crippen LogP contribution in [0, 0.1) is 6.92 Å². The van der Waals surface area contributed by atoms with E-state index in [1.165, 1.54) is 37.1 Å². The number of hydrogen-bond donors (Lipinski definition) is 2. The second-order valence-electron chi connectivity index (χ2n) is 8.35. The summed E-state index contributed by atoms with van der Waals surface area (Å²) < 4.78 is 27.9. The van der Waals surface area contributed by atoms with Gasteiger partial charge >= 0.3 is 0 Å². The van der Waals surface area contributed by atoms with Crippen LogP contribution in [0.2, 0.25) is 0 Å². The number of nitrogens with one attached hydrogen (secondary N) is 2. The van der Waals surface area contributed by atoms with E-state index in [-0.39, 0.29) is 10.8 Å². The van der Waals surface area contributed by atoms with Crippen LogP contribution in [0.5, 0.6) is 0 Å². The van der Waals surface area contributed by atoms with Gasteiger partial charge in [-0.05, 0) is 73.7 Å². The number of hydrogen-bond acceptors (Lipinski definition) is 4. The van der Waals surface area contributed by atoms with E-state index < -0.39 is 10.0 Å². The molecule has 0 atom stereocenters. The van der Waals surface area contributed by atoms with Gasteiger partial charge in [0, 0.05) is 30.9 Å². The first-order chi connectivity index (χ1) is 15.9. The molecule has 0 aliphatic carbocycles. The second-order valence-corrected chi connectivity index (χ2v) is 10.0. The third-order valence-electron chi connectivity index (χ3n) is 5.91. The van der Waals surface area contributed by atoms with E-state index in [2.05, 4.69) is 27.1 Å². The molecule has 1 aliphatic rings. The van der Waals surface area contributed by atoms with E-state index in [9.17, 15) is 13.2 Å². The maximum atomic E-state index is 12.7. The standard InChI is InChI=1S/C26H29N3O3S/c1-20-10-13-22(18-25(20)28-33(31,32)24-8-4-2-5-9-24)26(30)27-19-21-11-14-23(15-12-21)29-16-6-3-7-17-29/h2,4-5,8-15,18,28H,3,6-7,16-17,19H2,1H3,(H,27,30). The highest BCUT2D eigenvalue weighted by Gasteiger charge is 2.16. The van der Waals surface area contributed by atoms with Crippen molar-refractivity contribution < 1.29 is 13.2 Å². The molecule has 2 N–H and O–H groups in total. The van der Waals surface area contributed by atoms with Crippen molar-refractivity contribution in [3.05, 3.63) is 89.5 Å². The van der Waals surface area contributed by atoms with Crippen LogP contribution in [-0.2, 0) is 16.6 Å². The van der Waals surface area contributed by atoms with E-state index in [1.807, 2.05) is 12.1 Å². The Labute approximate surface area is 195 Å². The predicted molar refractivity (Wildman–Crippen MR) is 132 cm³/mol. The van der Waals surface area contributed by atoms with Gasteiger partial charge in [-0.2, -0.15) is 0 Å². The van der Waals surface area contributed by atoms with Crippen molar-refractivity contribution in [3.63, 3.8) is 0 Å². The largest absolute Gasteiger partial charge is 0.372 e. The lowest BCUT2D eigenvalue weighted by molar-refractivity contribution is 0.0951. The maximum Gasteiger partial charge on any atom is 0.261 e. The average molecular weight is 464 g/mol. The summed E-state index contributed by atoms with van der Waals surface area (Å²) in [4.78, 5) is 15.3. The fourth-order valence-electron chi connectivity index (χ4n) is 3.94. The summed E-state index contributed by atoms with van der Waals surface area (Å²) in [7, 11) is -3.73. The maximum absolute atomic E-state index is 12.7. The van der Waals surface area contributed by atoms with E-state index in [0.717, 1.165) is 24.2 Å². The Balaban J connectivity index is 1.40. The number of anilines is 2. The monoisotopic (exact) mass is 463 g/mol. The minimum atomic E-state index is -3.73. The molecule has 0 radical (unpaired) electrons. The first-order valence-corrected chi connectivity index (χ1v) is 12.7. The van der Waals surface area contributed by atoms with Crippen LogP contribution in [0.15, 0.2) is 77.7 Å². The van der Waals surface area contributed by atoms with Gasteiger partial charge in [-0.15, -0.1) is 0 Å². The minimum absolute atomic E-state index is 0.173. The number of piperidine rings is 1. The molecule has 0 bridgehead atoms. The van der Waals surface area contributed by atoms with E-state index >= 15 is 0 Å². The van der Waals surface area contributed by atoms with Crippen molar-refractivity contribution in [2.24, 2.45) is 0 Å². The fraction of sp³-hybridized carbons (Fsp3) is 0.269. The van der Waals surface area contributed by atoms with Crippen LogP contribution in [0.1, 0.15) is 40.7 Å². The quantitative estimate of drug-likeness (QED) is 0.532. The molecule has 0 aromatic heterocycles. The number of aryl methyl sites for hydroxylation is 1. The Kier molecular flexibility index (Phi) is 6.99. The van der Waals surface area contributed by atoms with Crippen molar-refractivity contribution in [1.29, 1.82) is 0 Å². The fourth-order valence-corrected chi connectivity index (χ4v) is 5.08. The molecule has 0 saturated carbocycles. The smallest absolute Gasteiger partial charge is 0.261 e. The van der Waals surface area contributed by atoms with Crippen LogP contribution in [0.25, 0.3) is 0 Å². The van der Waals surface area contributed by atoms with Gasteiger partial charge in [0.15, 0.2) is 0 Å². The van der Waals surface area contributed by atoms with Crippen LogP contribution in [0.4, 0.5) is 11.4 Å². The predicted octanol–water partition coefficient (Wildman–Crippen LogP) is 4.72. The third-order valence-corrected chi connectivity index (χ3v) is 7.29. The molecule has 6 nitrogen and oxygen atoms in total. The molecule has 1 fully saturated rings. The zero-order chi connectivity index (χ0) is 23.3. The SMILES string of the molecule is Cc1ccc(C(=O)NCc2ccc(N3CCCCC3)cc2)cc1NS(=O)(=O)c1ccccc1.